The number of halogens is 4. The maximum absolute atomic E-state index is 12.9. The molecule has 1 N–H and O–H groups in total. The predicted molar refractivity (Wildman–Crippen MR) is 120 cm³/mol. The van der Waals surface area contributed by atoms with Gasteiger partial charge in [0.25, 0.3) is 5.56 Å². The molecule has 0 aliphatic carbocycles. The number of carbonyl (C=O) groups is 1. The van der Waals surface area contributed by atoms with Crippen LogP contribution in [0.2, 0.25) is 5.02 Å². The molecule has 2 aromatic heterocycles. The number of benzene rings is 1. The molecule has 1 atom stereocenters. The van der Waals surface area contributed by atoms with Gasteiger partial charge < -0.3 is 14.6 Å². The molecule has 1 aromatic carbocycles. The molecule has 34 heavy (non-hydrogen) atoms. The van der Waals surface area contributed by atoms with Gasteiger partial charge in [-0.2, -0.15) is 22.7 Å². The van der Waals surface area contributed by atoms with Crippen LogP contribution in [-0.4, -0.2) is 37.8 Å². The van der Waals surface area contributed by atoms with Crippen molar-refractivity contribution < 1.29 is 22.7 Å². The van der Waals surface area contributed by atoms with Crippen LogP contribution < -0.4 is 10.9 Å². The average Bonchev–Trinajstić information content (AvgIpc) is 3.22. The number of amides is 1. The molecule has 0 saturated heterocycles. The van der Waals surface area contributed by atoms with Crippen molar-refractivity contribution in [2.45, 2.75) is 45.5 Å². The molecule has 0 spiro atoms. The van der Waals surface area contributed by atoms with E-state index in [0.29, 0.717) is 31.0 Å². The fraction of sp³-hybridized carbons (Fsp3) is 0.364. The predicted octanol–water partition coefficient (Wildman–Crippen LogP) is 3.96. The van der Waals surface area contributed by atoms with Crippen LogP contribution in [0.15, 0.2) is 35.1 Å². The Balaban J connectivity index is 1.66. The fourth-order valence-corrected chi connectivity index (χ4v) is 3.95. The van der Waals surface area contributed by atoms with Gasteiger partial charge in [0.05, 0.1) is 29.0 Å². The first-order valence-electron chi connectivity index (χ1n) is 10.6. The van der Waals surface area contributed by atoms with E-state index in [-0.39, 0.29) is 34.7 Å². The smallest absolute Gasteiger partial charge is 0.374 e. The maximum atomic E-state index is 12.9. The van der Waals surface area contributed by atoms with E-state index in [0.717, 1.165) is 28.3 Å². The van der Waals surface area contributed by atoms with E-state index in [1.165, 1.54) is 6.07 Å². The summed E-state index contributed by atoms with van der Waals surface area (Å²) in [7, 11) is 0. The van der Waals surface area contributed by atoms with E-state index >= 15 is 0 Å². The lowest BCUT2D eigenvalue weighted by atomic mass is 10.1. The fourth-order valence-electron chi connectivity index (χ4n) is 3.72. The van der Waals surface area contributed by atoms with Crippen molar-refractivity contribution >= 4 is 34.5 Å². The summed E-state index contributed by atoms with van der Waals surface area (Å²) in [5.74, 6) is 0.0128. The molecule has 1 amide bonds. The summed E-state index contributed by atoms with van der Waals surface area (Å²) in [4.78, 5) is 29.9. The van der Waals surface area contributed by atoms with Crippen LogP contribution in [0.1, 0.15) is 37.4 Å². The second-order valence-corrected chi connectivity index (χ2v) is 8.23. The third-order valence-electron chi connectivity index (χ3n) is 5.39. The highest BCUT2D eigenvalue weighted by atomic mass is 35.5. The number of rotatable bonds is 5. The maximum Gasteiger partial charge on any atom is 0.416 e. The number of anilines is 1. The second-order valence-electron chi connectivity index (χ2n) is 7.82. The molecular formula is C22H21ClF3N5O3. The molecule has 1 unspecified atom stereocenters. The van der Waals surface area contributed by atoms with Crippen molar-refractivity contribution in [3.05, 3.63) is 62.8 Å². The topological polar surface area (TPSA) is 90.5 Å². The first kappa shape index (κ1) is 24.0. The van der Waals surface area contributed by atoms with Gasteiger partial charge in [-0.3, -0.25) is 9.59 Å². The molecule has 3 aromatic rings. The molecule has 4 rings (SSSR count). The number of alkyl halides is 3. The van der Waals surface area contributed by atoms with E-state index in [1.807, 2.05) is 19.9 Å². The van der Waals surface area contributed by atoms with Crippen LogP contribution >= 0.6 is 11.6 Å². The summed E-state index contributed by atoms with van der Waals surface area (Å²) in [5, 5.41) is 6.61. The van der Waals surface area contributed by atoms with Crippen molar-refractivity contribution in [2.75, 3.05) is 11.9 Å². The van der Waals surface area contributed by atoms with Crippen LogP contribution in [0, 0.1) is 0 Å². The lowest BCUT2D eigenvalue weighted by molar-refractivity contribution is -0.137. The van der Waals surface area contributed by atoms with Crippen molar-refractivity contribution in [3.63, 3.8) is 0 Å². The first-order valence-corrected chi connectivity index (χ1v) is 10.9. The summed E-state index contributed by atoms with van der Waals surface area (Å²) >= 11 is 5.95. The molecular weight excluding hydrogens is 475 g/mol. The van der Waals surface area contributed by atoms with Crippen molar-refractivity contribution in [3.8, 4) is 0 Å². The molecule has 8 nitrogen and oxygen atoms in total. The van der Waals surface area contributed by atoms with E-state index in [1.54, 1.807) is 4.57 Å². The number of fused-ring (bicyclic) bond motifs is 1. The average molecular weight is 496 g/mol. The zero-order valence-corrected chi connectivity index (χ0v) is 19.1. The normalized spacial score (nSPS) is 16.5. The van der Waals surface area contributed by atoms with Gasteiger partial charge in [0.1, 0.15) is 6.54 Å². The highest BCUT2D eigenvalue weighted by molar-refractivity contribution is 6.33. The van der Waals surface area contributed by atoms with Crippen molar-refractivity contribution in [2.24, 2.45) is 0 Å². The first-order chi connectivity index (χ1) is 16.1. The minimum Gasteiger partial charge on any atom is -0.374 e. The monoisotopic (exact) mass is 495 g/mol. The van der Waals surface area contributed by atoms with Gasteiger partial charge in [-0.05, 0) is 49.6 Å². The van der Waals surface area contributed by atoms with Gasteiger partial charge in [-0.15, -0.1) is 5.10 Å². The van der Waals surface area contributed by atoms with Crippen LogP contribution in [-0.2, 0) is 28.7 Å². The number of nitrogens with one attached hydrogen (secondary N) is 1. The Labute approximate surface area is 197 Å². The number of hydrogen-bond acceptors (Lipinski definition) is 5. The Kier molecular flexibility index (Phi) is 6.50. The highest BCUT2D eigenvalue weighted by Crippen LogP contribution is 2.33. The van der Waals surface area contributed by atoms with E-state index in [9.17, 15) is 22.8 Å². The number of ether oxygens (including phenoxy) is 1. The second kappa shape index (κ2) is 9.22. The van der Waals surface area contributed by atoms with Gasteiger partial charge in [0.15, 0.2) is 5.82 Å². The number of nitrogens with zero attached hydrogens (tertiary/aromatic N) is 4. The molecule has 12 heteroatoms. The minimum absolute atomic E-state index is 0.0401. The van der Waals surface area contributed by atoms with Crippen molar-refractivity contribution in [1.82, 2.24) is 19.2 Å². The Morgan fingerprint density at radius 1 is 1.32 bits per heavy atom. The molecule has 1 aliphatic heterocycles. The summed E-state index contributed by atoms with van der Waals surface area (Å²) in [6.45, 7) is 3.97. The van der Waals surface area contributed by atoms with Crippen molar-refractivity contribution in [1.29, 1.82) is 0 Å². The quantitative estimate of drug-likeness (QED) is 0.578. The van der Waals surface area contributed by atoms with E-state index < -0.39 is 17.6 Å². The summed E-state index contributed by atoms with van der Waals surface area (Å²) in [6, 6.07) is 4.06. The highest BCUT2D eigenvalue weighted by Gasteiger charge is 2.31. The largest absolute Gasteiger partial charge is 0.416 e. The Hall–Kier alpha value is -3.18. The third kappa shape index (κ3) is 4.85. The van der Waals surface area contributed by atoms with Gasteiger partial charge in [-0.1, -0.05) is 18.5 Å². The molecule has 0 radical (unpaired) electrons. The summed E-state index contributed by atoms with van der Waals surface area (Å²) < 4.78 is 46.8. The van der Waals surface area contributed by atoms with Gasteiger partial charge >= 0.3 is 6.18 Å². The molecule has 0 fully saturated rings. The number of aryl methyl sites for hydroxylation is 1. The summed E-state index contributed by atoms with van der Waals surface area (Å²) in [6.07, 6.45) is -1.75. The van der Waals surface area contributed by atoms with Crippen LogP contribution in [0.25, 0.3) is 11.4 Å². The molecule has 1 aliphatic rings. The third-order valence-corrected chi connectivity index (χ3v) is 5.70. The summed E-state index contributed by atoms with van der Waals surface area (Å²) in [5.41, 5.74) is 0.137. The van der Waals surface area contributed by atoms with Crippen LogP contribution in [0.3, 0.4) is 0 Å². The molecule has 180 valence electrons. The number of aromatic nitrogens is 4. The van der Waals surface area contributed by atoms with E-state index in [2.05, 4.69) is 15.4 Å². The SMILES string of the molecule is CCc1cc(=O)n2nc(C3=CC(C)OCC3)nc2n1CC(=O)Nc1ccc(C(F)(F)F)cc1Cl. The Bertz CT molecular complexity index is 1350. The van der Waals surface area contributed by atoms with E-state index in [4.69, 9.17) is 16.3 Å². The minimum atomic E-state index is -4.55. The molecule has 0 bridgehead atoms. The van der Waals surface area contributed by atoms with Gasteiger partial charge in [0, 0.05) is 11.8 Å². The van der Waals surface area contributed by atoms with Crippen LogP contribution in [0.4, 0.5) is 18.9 Å². The molecule has 3 heterocycles. The zero-order valence-electron chi connectivity index (χ0n) is 18.3. The zero-order chi connectivity index (χ0) is 24.6. The number of carbonyl (C=O) groups excluding carboxylic acids is 1. The van der Waals surface area contributed by atoms with Crippen LogP contribution in [0.5, 0.6) is 0 Å². The Morgan fingerprint density at radius 2 is 2.09 bits per heavy atom. The lowest BCUT2D eigenvalue weighted by Gasteiger charge is -2.16. The molecule has 0 saturated carbocycles. The van der Waals surface area contributed by atoms with Gasteiger partial charge in [0.2, 0.25) is 11.7 Å². The lowest BCUT2D eigenvalue weighted by Crippen LogP contribution is -2.26. The standard InChI is InChI=1S/C22H21ClF3N5O3/c1-3-15-10-19(33)31-21(28-20(29-31)13-6-7-34-12(2)8-13)30(15)11-18(32)27-17-5-4-14(9-16(17)23)22(24,25)26/h4-5,8-10,12H,3,6-7,11H2,1-2H3,(H,27,32). The van der Waals surface area contributed by atoms with Gasteiger partial charge in [-0.25, -0.2) is 0 Å². The number of hydrogen-bond donors (Lipinski definition) is 1. The Morgan fingerprint density at radius 3 is 2.74 bits per heavy atom.